The van der Waals surface area contributed by atoms with E-state index >= 15 is 0 Å². The van der Waals surface area contributed by atoms with Gasteiger partial charge in [-0.2, -0.15) is 0 Å². The number of fused-ring (bicyclic) bond motifs is 11. The lowest BCUT2D eigenvalue weighted by Gasteiger charge is -2.30. The molecule has 0 radical (unpaired) electrons. The Bertz CT molecular complexity index is 5260. The molecule has 1 aromatic heterocycles. The molecule has 25 heteroatoms. The molecule has 16 rings (SSSR count). The number of halogens is 7. The molecular formula is C91H95Cl2F5O12P6. The van der Waals surface area contributed by atoms with Gasteiger partial charge in [-0.15, -0.1) is 26.7 Å². The van der Waals surface area contributed by atoms with Crippen LogP contribution in [0.5, 0.6) is 51.7 Å². The second-order valence-corrected chi connectivity index (χ2v) is 38.6. The first-order chi connectivity index (χ1) is 54.7. The molecule has 2 atom stereocenters. The molecule has 11 aromatic rings. The van der Waals surface area contributed by atoms with E-state index < -0.39 is 57.5 Å². The van der Waals surface area contributed by atoms with Crippen LogP contribution in [-0.2, 0) is 45.7 Å². The fourth-order valence-corrected chi connectivity index (χ4v) is 18.4. The van der Waals surface area contributed by atoms with Gasteiger partial charge in [-0.05, 0) is 199 Å². The normalized spacial score (nSPS) is 15.4. The van der Waals surface area contributed by atoms with Crippen LogP contribution in [0.15, 0.2) is 214 Å². The topological polar surface area (TPSA) is 119 Å². The third kappa shape index (κ3) is 23.0. The largest absolute Gasteiger partial charge is 0.506 e. The van der Waals surface area contributed by atoms with Crippen LogP contribution < -0.4 is 40.7 Å². The first-order valence-corrected chi connectivity index (χ1v) is 45.2. The Morgan fingerprint density at radius 1 is 0.414 bits per heavy atom. The second kappa shape index (κ2) is 37.9. The molecule has 0 N–H and O–H groups in total. The molecule has 5 heterocycles. The van der Waals surface area contributed by atoms with Crippen LogP contribution in [0.4, 0.5) is 21.0 Å². The van der Waals surface area contributed by atoms with Crippen LogP contribution in [-0.4, -0.2) is 6.10 Å². The molecular weight excluding hydrogens is 1640 g/mol. The summed E-state index contributed by atoms with van der Waals surface area (Å²) < 4.78 is 134. The molecule has 610 valence electrons. The predicted octanol–water partition coefficient (Wildman–Crippen LogP) is 32.4. The summed E-state index contributed by atoms with van der Waals surface area (Å²) in [4.78, 5) is 0. The lowest BCUT2D eigenvalue weighted by Crippen LogP contribution is -2.18. The number of rotatable bonds is 4. The minimum Gasteiger partial charge on any atom is -0.423 e. The molecule has 0 amide bonds. The minimum atomic E-state index is -2.56. The minimum absolute atomic E-state index is 0.129. The highest BCUT2D eigenvalue weighted by Gasteiger charge is 2.35. The smallest absolute Gasteiger partial charge is 0.423 e. The van der Waals surface area contributed by atoms with Gasteiger partial charge in [0, 0.05) is 79.3 Å². The van der Waals surface area contributed by atoms with Crippen molar-refractivity contribution in [2.24, 2.45) is 6.66 Å². The van der Waals surface area contributed by atoms with Crippen molar-refractivity contribution in [1.82, 2.24) is 0 Å². The number of hydrogen-bond acceptors (Lipinski definition) is 12. The number of hydrogen-bond donors (Lipinski definition) is 0. The van der Waals surface area contributed by atoms with E-state index in [-0.39, 0.29) is 21.7 Å². The van der Waals surface area contributed by atoms with Crippen molar-refractivity contribution >= 4 is 102 Å². The van der Waals surface area contributed by atoms with E-state index in [0.29, 0.717) is 74.6 Å². The van der Waals surface area contributed by atoms with Crippen LogP contribution in [0.2, 0.25) is 10.0 Å². The van der Waals surface area contributed by atoms with E-state index in [1.54, 1.807) is 91.0 Å². The highest BCUT2D eigenvalue weighted by Crippen LogP contribution is 2.56. The van der Waals surface area contributed by atoms with Gasteiger partial charge in [-0.25, -0.2) is 0 Å². The monoisotopic (exact) mass is 1730 g/mol. The number of benzene rings is 10. The highest BCUT2D eigenvalue weighted by atomic mass is 35.5. The summed E-state index contributed by atoms with van der Waals surface area (Å²) in [6.45, 7) is 39.8. The van der Waals surface area contributed by atoms with Gasteiger partial charge in [0.15, 0.2) is 11.5 Å². The summed E-state index contributed by atoms with van der Waals surface area (Å²) in [5, 5.41) is 3.46. The van der Waals surface area contributed by atoms with E-state index in [2.05, 4.69) is 188 Å². The molecule has 116 heavy (non-hydrogen) atoms. The van der Waals surface area contributed by atoms with E-state index in [1.807, 2.05) is 67.3 Å². The van der Waals surface area contributed by atoms with Crippen LogP contribution >= 0.6 is 74.6 Å². The predicted molar refractivity (Wildman–Crippen MR) is 469 cm³/mol. The maximum Gasteiger partial charge on any atom is 0.506 e. The van der Waals surface area contributed by atoms with Gasteiger partial charge in [0.25, 0.3) is 0 Å². The van der Waals surface area contributed by atoms with Crippen molar-refractivity contribution in [3.05, 3.63) is 299 Å². The quantitative estimate of drug-likeness (QED) is 0.0948. The zero-order chi connectivity index (χ0) is 83.9. The molecule has 12 nitrogen and oxygen atoms in total. The molecule has 0 saturated heterocycles. The van der Waals surface area contributed by atoms with Crippen molar-refractivity contribution in [1.29, 1.82) is 0 Å². The molecule has 0 fully saturated rings. The molecule has 5 aliphatic rings. The summed E-state index contributed by atoms with van der Waals surface area (Å²) in [7, 11) is -13.1. The third-order valence-corrected chi connectivity index (χ3v) is 23.5. The summed E-state index contributed by atoms with van der Waals surface area (Å²) >= 11 is 11.9. The molecule has 4 aliphatic heterocycles. The zero-order valence-electron chi connectivity index (χ0n) is 68.3. The SMILES string of the molecule is CC(C)(C)c1ccccc1OP(F)Oc1ccccc1C(C)(C)C.Cc1cc(C)c2op(C)oc3c(C)cc(C)cc3c2c1.Cc1cc2c(c(C(C)(C)C)c1)OP(F)Oc1c(cc(C)cc1C(C)(C)C)C2.FP1Oc2ccc(Cl)cc2Cc2cc(Cl)ccc2O1.FP1Oc2ccccc2C2=CC=C=CC2O1.FP1Oc2ccccc2O1. The average molecular weight is 1730 g/mol. The average Bonchev–Trinajstić information content (AvgIpc) is 1.61. The molecule has 1 aliphatic carbocycles. The van der Waals surface area contributed by atoms with Crippen molar-refractivity contribution in [2.75, 3.05) is 0 Å². The van der Waals surface area contributed by atoms with Gasteiger partial charge in [0.05, 0.1) is 0 Å². The van der Waals surface area contributed by atoms with E-state index in [4.69, 9.17) is 67.8 Å². The maximum absolute atomic E-state index is 14.9. The Morgan fingerprint density at radius 2 is 0.793 bits per heavy atom. The molecule has 10 aromatic carbocycles. The van der Waals surface area contributed by atoms with Crippen molar-refractivity contribution in [2.45, 2.75) is 165 Å². The molecule has 2 unspecified atom stereocenters. The first-order valence-electron chi connectivity index (χ1n) is 37.5. The summed E-state index contributed by atoms with van der Waals surface area (Å²) in [6, 6.07) is 56.6. The van der Waals surface area contributed by atoms with Gasteiger partial charge >= 0.3 is 43.4 Å². The fraction of sp³-hybridized carbons (Fsp3) is 0.286. The van der Waals surface area contributed by atoms with E-state index in [9.17, 15) is 21.0 Å². The van der Waals surface area contributed by atoms with E-state index in [1.165, 1.54) is 22.3 Å². The van der Waals surface area contributed by atoms with Crippen molar-refractivity contribution < 1.29 is 74.6 Å². The van der Waals surface area contributed by atoms with Crippen molar-refractivity contribution in [3.63, 3.8) is 0 Å². The second-order valence-electron chi connectivity index (χ2n) is 32.5. The van der Waals surface area contributed by atoms with Crippen LogP contribution in [0.25, 0.3) is 27.5 Å². The summed E-state index contributed by atoms with van der Waals surface area (Å²) in [5.41, 5.74) is 20.9. The van der Waals surface area contributed by atoms with E-state index in [0.717, 1.165) is 88.7 Å². The first kappa shape index (κ1) is 88.7. The van der Waals surface area contributed by atoms with Gasteiger partial charge in [-0.3, -0.25) is 4.52 Å². The Balaban J connectivity index is 0.000000139. The molecule has 0 bridgehead atoms. The Morgan fingerprint density at radius 3 is 1.24 bits per heavy atom. The highest BCUT2D eigenvalue weighted by molar-refractivity contribution is 7.43. The third-order valence-electron chi connectivity index (χ3n) is 18.7. The standard InChI is InChI=1S/C23H30FO2P.C20H26FO2P.C17H19O2P.C13H8Cl2FO2P.C12H8FO2P.C6H4FO2P/c1-14-9-16-13-17-10-15(2)12-19(23(6,7)8)21(17)26-27(24)25-20(16)18(11-14)22(3,4)5;1-19(2,3)15-11-7-9-13-17(15)22-24(21)23-18-14-10-8-12-16(18)20(4,5)6;1-10-6-12(3)16-14(8-10)15-9-11(2)7-13(4)17(15)19-20(5)18-16;14-10-1-3-12-8(6-10)5-9-7-11(15)2-4-13(9)18-19(16)17-12;13-16-14-11-7-3-1-5-9(11)10-6-2-4-8-12(10)15-16;7-10-8-5-3-1-2-4-6(5)9-10/h9-12H,13H2,1-8H3;7-14H,1-6H3;6-9H,1-5H3;1-4,6-7H,5H2;1-3,5-8,12H;1-4H. The maximum atomic E-state index is 14.9. The lowest BCUT2D eigenvalue weighted by atomic mass is 9.81. The van der Waals surface area contributed by atoms with Crippen LogP contribution in [0.1, 0.15) is 167 Å². The Hall–Kier alpha value is -8.10. The van der Waals surface area contributed by atoms with Crippen molar-refractivity contribution in [3.8, 4) is 51.7 Å². The van der Waals surface area contributed by atoms with Crippen LogP contribution in [0, 0.1) is 41.5 Å². The number of para-hydroxylation sites is 5. The molecule has 0 saturated carbocycles. The van der Waals surface area contributed by atoms with Crippen LogP contribution in [0.3, 0.4) is 0 Å². The summed E-state index contributed by atoms with van der Waals surface area (Å²) in [6.07, 6.45) is 6.16. The van der Waals surface area contributed by atoms with Gasteiger partial charge in [0.1, 0.15) is 57.5 Å². The Labute approximate surface area is 695 Å². The lowest BCUT2D eigenvalue weighted by molar-refractivity contribution is 0.283. The van der Waals surface area contributed by atoms with Gasteiger partial charge < -0.3 is 49.1 Å². The number of allylic oxidation sites excluding steroid dienone is 1. The Kier molecular flexibility index (Phi) is 29.0. The van der Waals surface area contributed by atoms with Gasteiger partial charge in [0.2, 0.25) is 8.01 Å². The molecule has 0 spiro atoms. The zero-order valence-corrected chi connectivity index (χ0v) is 75.2. The summed E-state index contributed by atoms with van der Waals surface area (Å²) in [5.74, 6) is 4.78. The van der Waals surface area contributed by atoms with Gasteiger partial charge in [-0.1, -0.05) is 221 Å². The number of aryl methyl sites for hydroxylation is 7. The fourth-order valence-electron chi connectivity index (χ4n) is 13.5.